The van der Waals surface area contributed by atoms with E-state index in [-0.39, 0.29) is 11.0 Å². The van der Waals surface area contributed by atoms with Crippen LogP contribution < -0.4 is 15.9 Å². The van der Waals surface area contributed by atoms with Gasteiger partial charge in [-0.2, -0.15) is 0 Å². The van der Waals surface area contributed by atoms with Gasteiger partial charge in [0.15, 0.2) is 11.5 Å². The highest BCUT2D eigenvalue weighted by molar-refractivity contribution is 6.37. The fourth-order valence-corrected chi connectivity index (χ4v) is 6.36. The van der Waals surface area contributed by atoms with Crippen LogP contribution >= 0.6 is 0 Å². The zero-order valence-electron chi connectivity index (χ0n) is 24.1. The summed E-state index contributed by atoms with van der Waals surface area (Å²) in [5, 5.41) is 46.4. The molecule has 1 aromatic heterocycles. The summed E-state index contributed by atoms with van der Waals surface area (Å²) in [6.07, 6.45) is 9.10. The number of aromatic hydroxyl groups is 4. The van der Waals surface area contributed by atoms with Crippen molar-refractivity contribution < 1.29 is 24.8 Å². The molecular formula is C38H29BO5. The molecule has 0 unspecified atom stereocenters. The fourth-order valence-electron chi connectivity index (χ4n) is 6.36. The standard InChI is InChI=1S/C38H29BO5/c39-33-32(34(40)36(42)37(43)35(33)41)27-17-7-2-1-6-14-26(24-15-8-9-16-25(24)27)28-21-20-23(22-12-4-3-5-13-22)38-31(28)29-18-10-11-19-30(29)44-38/h1-13,15-16,18-21,40-43H,14,17,39H2/b6-1-,7-2-,26-24+,27-25+. The molecule has 5 aromatic carbocycles. The van der Waals surface area contributed by atoms with Gasteiger partial charge in [0.05, 0.1) is 0 Å². The third-order valence-corrected chi connectivity index (χ3v) is 8.48. The molecular weight excluding hydrogens is 547 g/mol. The molecule has 0 atom stereocenters. The van der Waals surface area contributed by atoms with E-state index in [1.54, 1.807) is 7.85 Å². The number of hydrogen-bond donors (Lipinski definition) is 4. The molecule has 5 nitrogen and oxygen atoms in total. The number of allylic oxidation sites excluding steroid dienone is 4. The van der Waals surface area contributed by atoms with E-state index in [1.807, 2.05) is 72.8 Å². The van der Waals surface area contributed by atoms with E-state index in [1.165, 1.54) is 0 Å². The van der Waals surface area contributed by atoms with Gasteiger partial charge in [-0.3, -0.25) is 0 Å². The summed E-state index contributed by atoms with van der Waals surface area (Å²) < 4.78 is 6.56. The molecule has 1 heterocycles. The zero-order valence-corrected chi connectivity index (χ0v) is 24.1. The molecule has 0 spiro atoms. The van der Waals surface area contributed by atoms with Crippen LogP contribution in [0.4, 0.5) is 0 Å². The van der Waals surface area contributed by atoms with Crippen molar-refractivity contribution >= 4 is 46.4 Å². The van der Waals surface area contributed by atoms with E-state index in [2.05, 4.69) is 42.5 Å². The Kier molecular flexibility index (Phi) is 6.75. The van der Waals surface area contributed by atoms with E-state index in [9.17, 15) is 20.4 Å². The van der Waals surface area contributed by atoms with Crippen LogP contribution in [0.5, 0.6) is 23.0 Å². The average Bonchev–Trinajstić information content (AvgIpc) is 3.45. The van der Waals surface area contributed by atoms with Gasteiger partial charge in [-0.25, -0.2) is 0 Å². The van der Waals surface area contributed by atoms with Gasteiger partial charge >= 0.3 is 0 Å². The Morgan fingerprint density at radius 3 is 1.91 bits per heavy atom. The SMILES string of the molecule is Bc1c(O)c(O)c(O)c(O)c1/C1=c2\cccc\c2=C(/c2ccc(-c3ccccc3)c3oc4ccccc4c23)C/C=C\C=C/C1. The Labute approximate surface area is 254 Å². The molecule has 0 amide bonds. The van der Waals surface area contributed by atoms with Crippen LogP contribution in [0.1, 0.15) is 24.0 Å². The van der Waals surface area contributed by atoms with E-state index in [0.717, 1.165) is 54.6 Å². The van der Waals surface area contributed by atoms with Gasteiger partial charge in [0.25, 0.3) is 0 Å². The lowest BCUT2D eigenvalue weighted by Crippen LogP contribution is -2.31. The summed E-state index contributed by atoms with van der Waals surface area (Å²) in [4.78, 5) is 0. The maximum absolute atomic E-state index is 11.1. The number of hydrogen-bond acceptors (Lipinski definition) is 5. The van der Waals surface area contributed by atoms with Crippen molar-refractivity contribution in [3.63, 3.8) is 0 Å². The van der Waals surface area contributed by atoms with Crippen LogP contribution in [0.2, 0.25) is 0 Å². The number of para-hydroxylation sites is 1. The maximum atomic E-state index is 11.1. The van der Waals surface area contributed by atoms with Crippen LogP contribution in [0, 0.1) is 0 Å². The summed E-state index contributed by atoms with van der Waals surface area (Å²) in [7, 11) is 1.62. The summed E-state index contributed by atoms with van der Waals surface area (Å²) >= 11 is 0. The summed E-state index contributed by atoms with van der Waals surface area (Å²) in [6.45, 7) is 0. The van der Waals surface area contributed by atoms with Crippen LogP contribution in [0.25, 0.3) is 44.2 Å². The number of benzene rings is 5. The minimum absolute atomic E-state index is 0.278. The van der Waals surface area contributed by atoms with E-state index in [4.69, 9.17) is 4.42 Å². The van der Waals surface area contributed by atoms with Crippen LogP contribution in [-0.4, -0.2) is 28.3 Å². The van der Waals surface area contributed by atoms with Gasteiger partial charge in [-0.1, -0.05) is 103 Å². The van der Waals surface area contributed by atoms with Crippen LogP contribution in [0.15, 0.2) is 120 Å². The first-order chi connectivity index (χ1) is 21.5. The molecule has 7 rings (SSSR count). The predicted molar refractivity (Wildman–Crippen MR) is 179 cm³/mol. The van der Waals surface area contributed by atoms with Gasteiger partial charge in [-0.05, 0) is 63.1 Å². The Morgan fingerprint density at radius 2 is 1.16 bits per heavy atom. The molecule has 0 radical (unpaired) electrons. The van der Waals surface area contributed by atoms with Crippen molar-refractivity contribution in [2.75, 3.05) is 0 Å². The highest BCUT2D eigenvalue weighted by Gasteiger charge is 2.24. The minimum Gasteiger partial charge on any atom is -0.505 e. The van der Waals surface area contributed by atoms with Crippen molar-refractivity contribution in [2.45, 2.75) is 12.8 Å². The molecule has 1 aliphatic carbocycles. The van der Waals surface area contributed by atoms with Crippen molar-refractivity contribution in [2.24, 2.45) is 0 Å². The lowest BCUT2D eigenvalue weighted by Gasteiger charge is -2.17. The van der Waals surface area contributed by atoms with Crippen LogP contribution in [-0.2, 0) is 0 Å². The molecule has 6 aromatic rings. The van der Waals surface area contributed by atoms with Gasteiger partial charge < -0.3 is 24.8 Å². The number of furan rings is 1. The van der Waals surface area contributed by atoms with E-state index < -0.39 is 23.0 Å². The highest BCUT2D eigenvalue weighted by atomic mass is 16.3. The summed E-state index contributed by atoms with van der Waals surface area (Å²) in [6, 6.07) is 30.6. The monoisotopic (exact) mass is 576 g/mol. The normalized spacial score (nSPS) is 17.4. The largest absolute Gasteiger partial charge is 0.505 e. The quantitative estimate of drug-likeness (QED) is 0.124. The Balaban J connectivity index is 1.65. The highest BCUT2D eigenvalue weighted by Crippen LogP contribution is 2.45. The van der Waals surface area contributed by atoms with Gasteiger partial charge in [0.2, 0.25) is 11.5 Å². The van der Waals surface area contributed by atoms with E-state index >= 15 is 0 Å². The second-order valence-electron chi connectivity index (χ2n) is 11.0. The molecule has 0 saturated carbocycles. The molecule has 1 aliphatic rings. The lowest BCUT2D eigenvalue weighted by molar-refractivity contribution is 0.347. The lowest BCUT2D eigenvalue weighted by atomic mass is 9.82. The van der Waals surface area contributed by atoms with Crippen molar-refractivity contribution in [1.82, 2.24) is 0 Å². The summed E-state index contributed by atoms with van der Waals surface area (Å²) in [5.74, 6) is -2.42. The molecule has 4 N–H and O–H groups in total. The molecule has 0 fully saturated rings. The summed E-state index contributed by atoms with van der Waals surface area (Å²) in [5.41, 5.74) is 7.06. The van der Waals surface area contributed by atoms with Gasteiger partial charge in [-0.15, -0.1) is 0 Å². The second kappa shape index (κ2) is 10.9. The van der Waals surface area contributed by atoms with E-state index in [0.29, 0.717) is 18.4 Å². The number of fused-ring (bicyclic) bond motifs is 4. The Hall–Kier alpha value is -5.62. The topological polar surface area (TPSA) is 94.1 Å². The average molecular weight is 576 g/mol. The Bertz CT molecular complexity index is 2250. The predicted octanol–water partition coefficient (Wildman–Crippen LogP) is 5.64. The zero-order chi connectivity index (χ0) is 30.4. The third-order valence-electron chi connectivity index (χ3n) is 8.48. The Morgan fingerprint density at radius 1 is 0.568 bits per heavy atom. The molecule has 44 heavy (non-hydrogen) atoms. The maximum Gasteiger partial charge on any atom is 0.204 e. The van der Waals surface area contributed by atoms with Crippen molar-refractivity contribution in [1.29, 1.82) is 0 Å². The molecule has 214 valence electrons. The van der Waals surface area contributed by atoms with Crippen LogP contribution in [0.3, 0.4) is 0 Å². The van der Waals surface area contributed by atoms with Crippen molar-refractivity contribution in [3.05, 3.63) is 137 Å². The third kappa shape index (κ3) is 4.35. The number of rotatable bonds is 3. The molecule has 0 aliphatic heterocycles. The molecule has 0 saturated heterocycles. The first-order valence-corrected chi connectivity index (χ1v) is 14.6. The fraction of sp³-hybridized carbons (Fsp3) is 0.0526. The number of phenolic OH excluding ortho intramolecular Hbond substituents is 4. The second-order valence-corrected chi connectivity index (χ2v) is 11.0. The number of phenols is 4. The van der Waals surface area contributed by atoms with Gasteiger partial charge in [0.1, 0.15) is 19.0 Å². The molecule has 0 bridgehead atoms. The first kappa shape index (κ1) is 27.2. The van der Waals surface area contributed by atoms with Gasteiger partial charge in [0, 0.05) is 21.9 Å². The molecule has 6 heteroatoms. The minimum atomic E-state index is -0.749. The van der Waals surface area contributed by atoms with Crippen molar-refractivity contribution in [3.8, 4) is 34.1 Å². The first-order valence-electron chi connectivity index (χ1n) is 14.6. The smallest absolute Gasteiger partial charge is 0.204 e.